The van der Waals surface area contributed by atoms with Crippen LogP contribution in [0.5, 0.6) is 0 Å². The largest absolute Gasteiger partial charge is 0.416 e. The summed E-state index contributed by atoms with van der Waals surface area (Å²) in [6.45, 7) is 3.12. The van der Waals surface area contributed by atoms with Crippen LogP contribution in [0.15, 0.2) is 47.4 Å². The standard InChI is InChI=1S/C17H17F3O3S/c1-3-14-10-13(6-9-16(14)17(18,19)20)11-23-24(21,22)15-7-4-12(2)5-8-15/h4-10H,3,11H2,1-2H3. The third-order valence-corrected chi connectivity index (χ3v) is 4.82. The van der Waals surface area contributed by atoms with E-state index in [0.717, 1.165) is 11.6 Å². The summed E-state index contributed by atoms with van der Waals surface area (Å²) >= 11 is 0. The number of alkyl halides is 3. The van der Waals surface area contributed by atoms with Crippen LogP contribution in [0.2, 0.25) is 0 Å². The number of benzene rings is 2. The molecule has 0 saturated heterocycles. The number of hydrogen-bond donors (Lipinski definition) is 0. The summed E-state index contributed by atoms with van der Waals surface area (Å²) in [5.41, 5.74) is 0.672. The van der Waals surface area contributed by atoms with E-state index in [9.17, 15) is 21.6 Å². The topological polar surface area (TPSA) is 43.4 Å². The third-order valence-electron chi connectivity index (χ3n) is 3.55. The Labute approximate surface area is 139 Å². The molecule has 0 aliphatic rings. The zero-order valence-corrected chi connectivity index (χ0v) is 14.0. The number of aryl methyl sites for hydroxylation is 2. The van der Waals surface area contributed by atoms with Crippen LogP contribution < -0.4 is 0 Å². The Balaban J connectivity index is 2.18. The van der Waals surface area contributed by atoms with Crippen LogP contribution in [-0.2, 0) is 33.5 Å². The summed E-state index contributed by atoms with van der Waals surface area (Å²) in [6, 6.07) is 9.65. The minimum atomic E-state index is -4.43. The van der Waals surface area contributed by atoms with Gasteiger partial charge in [-0.2, -0.15) is 21.6 Å². The molecular formula is C17H17F3O3S. The Morgan fingerprint density at radius 2 is 1.67 bits per heavy atom. The average Bonchev–Trinajstić information content (AvgIpc) is 2.52. The first-order chi connectivity index (χ1) is 11.1. The Morgan fingerprint density at radius 3 is 2.21 bits per heavy atom. The summed E-state index contributed by atoms with van der Waals surface area (Å²) in [5, 5.41) is 0. The number of rotatable bonds is 5. The Bertz CT molecular complexity index is 810. The molecule has 7 heteroatoms. The van der Waals surface area contributed by atoms with Crippen molar-refractivity contribution in [3.63, 3.8) is 0 Å². The first kappa shape index (κ1) is 18.5. The fourth-order valence-electron chi connectivity index (χ4n) is 2.22. The summed E-state index contributed by atoms with van der Waals surface area (Å²) in [6.07, 6.45) is -4.24. The van der Waals surface area contributed by atoms with Gasteiger partial charge in [0, 0.05) is 0 Å². The molecule has 24 heavy (non-hydrogen) atoms. The summed E-state index contributed by atoms with van der Waals surface area (Å²) in [4.78, 5) is 0.00993. The van der Waals surface area contributed by atoms with Gasteiger partial charge in [-0.25, -0.2) is 0 Å². The molecule has 0 aliphatic heterocycles. The predicted molar refractivity (Wildman–Crippen MR) is 84.0 cm³/mol. The van der Waals surface area contributed by atoms with Crippen LogP contribution in [0.25, 0.3) is 0 Å². The van der Waals surface area contributed by atoms with Gasteiger partial charge in [-0.1, -0.05) is 36.8 Å². The Kier molecular flexibility index (Phi) is 5.35. The average molecular weight is 358 g/mol. The van der Waals surface area contributed by atoms with Gasteiger partial charge in [-0.3, -0.25) is 4.18 Å². The van der Waals surface area contributed by atoms with E-state index in [1.165, 1.54) is 24.3 Å². The smallest absolute Gasteiger partial charge is 0.262 e. The highest BCUT2D eigenvalue weighted by Gasteiger charge is 2.32. The second-order valence-electron chi connectivity index (χ2n) is 5.37. The molecule has 0 N–H and O–H groups in total. The maximum absolute atomic E-state index is 12.9. The molecule has 0 bridgehead atoms. The van der Waals surface area contributed by atoms with Gasteiger partial charge in [0.15, 0.2) is 0 Å². The summed E-state index contributed by atoms with van der Waals surface area (Å²) in [5.74, 6) is 0. The molecule has 0 spiro atoms. The van der Waals surface area contributed by atoms with Crippen molar-refractivity contribution in [2.45, 2.75) is 37.9 Å². The molecule has 2 aromatic rings. The van der Waals surface area contributed by atoms with Crippen LogP contribution in [0.3, 0.4) is 0 Å². The van der Waals surface area contributed by atoms with Gasteiger partial charge < -0.3 is 0 Å². The van der Waals surface area contributed by atoms with Gasteiger partial charge in [-0.05, 0) is 42.7 Å². The van der Waals surface area contributed by atoms with Gasteiger partial charge in [0.25, 0.3) is 10.1 Å². The highest BCUT2D eigenvalue weighted by molar-refractivity contribution is 7.86. The lowest BCUT2D eigenvalue weighted by atomic mass is 10.0. The summed E-state index contributed by atoms with van der Waals surface area (Å²) in [7, 11) is -3.96. The van der Waals surface area contributed by atoms with E-state index in [-0.39, 0.29) is 23.5 Å². The Hall–Kier alpha value is -1.86. The molecule has 0 atom stereocenters. The van der Waals surface area contributed by atoms with Crippen molar-refractivity contribution in [1.82, 2.24) is 0 Å². The van der Waals surface area contributed by atoms with Crippen molar-refractivity contribution in [2.75, 3.05) is 0 Å². The fraction of sp³-hybridized carbons (Fsp3) is 0.294. The normalized spacial score (nSPS) is 12.4. The van der Waals surface area contributed by atoms with Crippen molar-refractivity contribution >= 4 is 10.1 Å². The molecule has 2 rings (SSSR count). The second kappa shape index (κ2) is 6.94. The SMILES string of the molecule is CCc1cc(COS(=O)(=O)c2ccc(C)cc2)ccc1C(F)(F)F. The van der Waals surface area contributed by atoms with Gasteiger partial charge in [0.05, 0.1) is 17.1 Å². The lowest BCUT2D eigenvalue weighted by Gasteiger charge is -2.13. The fourth-order valence-corrected chi connectivity index (χ4v) is 3.12. The minimum absolute atomic E-state index is 0.00993. The maximum atomic E-state index is 12.9. The molecule has 0 heterocycles. The highest BCUT2D eigenvalue weighted by atomic mass is 32.2. The summed E-state index contributed by atoms with van der Waals surface area (Å²) < 4.78 is 67.8. The second-order valence-corrected chi connectivity index (χ2v) is 6.99. The van der Waals surface area contributed by atoms with Gasteiger partial charge in [0.2, 0.25) is 0 Å². The molecule has 2 aromatic carbocycles. The Morgan fingerprint density at radius 1 is 1.04 bits per heavy atom. The van der Waals surface area contributed by atoms with E-state index < -0.39 is 21.9 Å². The van der Waals surface area contributed by atoms with Crippen LogP contribution >= 0.6 is 0 Å². The molecule has 0 radical (unpaired) electrons. The number of halogens is 3. The van der Waals surface area contributed by atoms with Crippen LogP contribution in [-0.4, -0.2) is 8.42 Å². The molecule has 0 aliphatic carbocycles. The quantitative estimate of drug-likeness (QED) is 0.740. The van der Waals surface area contributed by atoms with Gasteiger partial charge >= 0.3 is 6.18 Å². The van der Waals surface area contributed by atoms with E-state index in [4.69, 9.17) is 4.18 Å². The number of hydrogen-bond acceptors (Lipinski definition) is 3. The predicted octanol–water partition coefficient (Wildman–Crippen LogP) is 4.48. The molecular weight excluding hydrogens is 341 g/mol. The van der Waals surface area contributed by atoms with E-state index in [1.807, 2.05) is 6.92 Å². The van der Waals surface area contributed by atoms with Crippen molar-refractivity contribution < 1.29 is 25.8 Å². The zero-order chi connectivity index (χ0) is 18.0. The maximum Gasteiger partial charge on any atom is 0.416 e. The molecule has 3 nitrogen and oxygen atoms in total. The minimum Gasteiger partial charge on any atom is -0.262 e. The molecule has 0 aromatic heterocycles. The van der Waals surface area contributed by atoms with Crippen LogP contribution in [0, 0.1) is 6.92 Å². The van der Waals surface area contributed by atoms with Crippen molar-refractivity contribution in [2.24, 2.45) is 0 Å². The van der Waals surface area contributed by atoms with E-state index in [2.05, 4.69) is 0 Å². The van der Waals surface area contributed by atoms with Crippen molar-refractivity contribution in [3.8, 4) is 0 Å². The lowest BCUT2D eigenvalue weighted by molar-refractivity contribution is -0.138. The third kappa shape index (κ3) is 4.36. The van der Waals surface area contributed by atoms with Crippen molar-refractivity contribution in [3.05, 3.63) is 64.7 Å². The van der Waals surface area contributed by atoms with Gasteiger partial charge in [-0.15, -0.1) is 0 Å². The molecule has 0 saturated carbocycles. The van der Waals surface area contributed by atoms with E-state index in [0.29, 0.717) is 5.56 Å². The zero-order valence-electron chi connectivity index (χ0n) is 13.2. The van der Waals surface area contributed by atoms with Crippen molar-refractivity contribution in [1.29, 1.82) is 0 Å². The molecule has 130 valence electrons. The first-order valence-corrected chi connectivity index (χ1v) is 8.69. The molecule has 0 amide bonds. The first-order valence-electron chi connectivity index (χ1n) is 7.28. The highest BCUT2D eigenvalue weighted by Crippen LogP contribution is 2.33. The van der Waals surface area contributed by atoms with Crippen LogP contribution in [0.4, 0.5) is 13.2 Å². The van der Waals surface area contributed by atoms with E-state index in [1.54, 1.807) is 19.1 Å². The van der Waals surface area contributed by atoms with E-state index >= 15 is 0 Å². The molecule has 0 unspecified atom stereocenters. The molecule has 0 fully saturated rings. The monoisotopic (exact) mass is 358 g/mol. The van der Waals surface area contributed by atoms with Crippen LogP contribution in [0.1, 0.15) is 29.2 Å². The lowest BCUT2D eigenvalue weighted by Crippen LogP contribution is -2.10. The van der Waals surface area contributed by atoms with Gasteiger partial charge in [0.1, 0.15) is 0 Å².